The van der Waals surface area contributed by atoms with Crippen molar-refractivity contribution in [2.24, 2.45) is 11.8 Å². The van der Waals surface area contributed by atoms with Gasteiger partial charge < -0.3 is 29.8 Å². The number of imidazole rings is 2. The Labute approximate surface area is 310 Å². The number of aromatic nitrogens is 4. The molecular formula is C42H49N7O4. The van der Waals surface area contributed by atoms with Crippen LogP contribution < -0.4 is 5.32 Å². The molecule has 11 heteroatoms. The predicted molar refractivity (Wildman–Crippen MR) is 206 cm³/mol. The second kappa shape index (κ2) is 15.3. The minimum Gasteiger partial charge on any atom is -0.453 e. The molecule has 0 spiro atoms. The van der Waals surface area contributed by atoms with E-state index in [1.54, 1.807) is 0 Å². The zero-order valence-corrected chi connectivity index (χ0v) is 31.2. The number of benzene rings is 3. The SMILES string of the molecule is CC[C@H](NC(=O)OC)C(=O)N1CCCC1c1ncc(-c2ccc(-c3ccc4cc(-c5cnc(C6CCCN6C(=O)[C@@H](C)C(C)C)[nH]5)ccc4c3)cc2)[nH]1. The Kier molecular flexibility index (Phi) is 10.3. The lowest BCUT2D eigenvalue weighted by molar-refractivity contribution is -0.137. The fraction of sp³-hybridized carbons (Fsp3) is 0.405. The molecule has 4 heterocycles. The number of methoxy groups -OCH3 is 1. The number of fused-ring (bicyclic) bond motifs is 1. The topological polar surface area (TPSA) is 136 Å². The van der Waals surface area contributed by atoms with Gasteiger partial charge in [0.2, 0.25) is 11.8 Å². The van der Waals surface area contributed by atoms with Gasteiger partial charge in [-0.05, 0) is 77.6 Å². The highest BCUT2D eigenvalue weighted by atomic mass is 16.5. The molecule has 2 aromatic heterocycles. The Morgan fingerprint density at radius 1 is 0.755 bits per heavy atom. The van der Waals surface area contributed by atoms with E-state index in [2.05, 4.69) is 94.8 Å². The van der Waals surface area contributed by atoms with Crippen LogP contribution in [0.5, 0.6) is 0 Å². The van der Waals surface area contributed by atoms with Crippen molar-refractivity contribution in [2.75, 3.05) is 20.2 Å². The van der Waals surface area contributed by atoms with E-state index in [-0.39, 0.29) is 29.8 Å². The second-order valence-electron chi connectivity index (χ2n) is 14.7. The van der Waals surface area contributed by atoms with Gasteiger partial charge in [-0.25, -0.2) is 14.8 Å². The van der Waals surface area contributed by atoms with Gasteiger partial charge >= 0.3 is 6.09 Å². The van der Waals surface area contributed by atoms with Gasteiger partial charge in [0.25, 0.3) is 0 Å². The zero-order valence-electron chi connectivity index (χ0n) is 31.2. The summed E-state index contributed by atoms with van der Waals surface area (Å²) in [6.45, 7) is 9.50. The Balaban J connectivity index is 1.03. The molecule has 2 aliphatic rings. The number of alkyl carbamates (subject to hydrolysis) is 1. The Hall–Kier alpha value is -5.45. The number of aromatic amines is 2. The largest absolute Gasteiger partial charge is 0.453 e. The molecule has 2 fully saturated rings. The molecule has 3 aromatic carbocycles. The molecule has 4 atom stereocenters. The van der Waals surface area contributed by atoms with E-state index in [4.69, 9.17) is 9.72 Å². The molecule has 0 saturated carbocycles. The van der Waals surface area contributed by atoms with Crippen molar-refractivity contribution < 1.29 is 19.1 Å². The van der Waals surface area contributed by atoms with Crippen molar-refractivity contribution in [1.29, 1.82) is 0 Å². The van der Waals surface area contributed by atoms with Gasteiger partial charge in [-0.2, -0.15) is 0 Å². The summed E-state index contributed by atoms with van der Waals surface area (Å²) in [5.41, 5.74) is 6.14. The van der Waals surface area contributed by atoms with Crippen molar-refractivity contribution in [1.82, 2.24) is 35.1 Å². The molecule has 5 aromatic rings. The maximum absolute atomic E-state index is 13.3. The predicted octanol–water partition coefficient (Wildman–Crippen LogP) is 8.04. The van der Waals surface area contributed by atoms with Crippen molar-refractivity contribution in [2.45, 2.75) is 77.9 Å². The Morgan fingerprint density at radius 2 is 1.26 bits per heavy atom. The van der Waals surface area contributed by atoms with E-state index >= 15 is 0 Å². The maximum Gasteiger partial charge on any atom is 0.407 e. The monoisotopic (exact) mass is 715 g/mol. The molecule has 2 saturated heterocycles. The number of carbonyl (C=O) groups excluding carboxylic acids is 3. The van der Waals surface area contributed by atoms with Crippen molar-refractivity contribution >= 4 is 28.7 Å². The maximum atomic E-state index is 13.3. The van der Waals surface area contributed by atoms with Crippen LogP contribution in [0.15, 0.2) is 73.1 Å². The first-order chi connectivity index (χ1) is 25.6. The highest BCUT2D eigenvalue weighted by Gasteiger charge is 2.36. The summed E-state index contributed by atoms with van der Waals surface area (Å²) >= 11 is 0. The molecule has 0 aliphatic carbocycles. The number of ether oxygens (including phenoxy) is 1. The molecule has 7 rings (SSSR count). The quantitative estimate of drug-likeness (QED) is 0.134. The van der Waals surface area contributed by atoms with Crippen LogP contribution in [-0.2, 0) is 14.3 Å². The molecule has 2 aliphatic heterocycles. The summed E-state index contributed by atoms with van der Waals surface area (Å²) in [5.74, 6) is 1.99. The average Bonchev–Trinajstić information content (AvgIpc) is 4.02. The van der Waals surface area contributed by atoms with Gasteiger partial charge in [0, 0.05) is 24.6 Å². The second-order valence-corrected chi connectivity index (χ2v) is 14.7. The van der Waals surface area contributed by atoms with Crippen LogP contribution in [0.1, 0.15) is 83.5 Å². The van der Waals surface area contributed by atoms with Crippen LogP contribution in [-0.4, -0.2) is 73.9 Å². The first-order valence-electron chi connectivity index (χ1n) is 18.8. The number of likely N-dealkylation sites (tertiary alicyclic amines) is 2. The van der Waals surface area contributed by atoms with Crippen molar-refractivity contribution in [3.05, 3.63) is 84.7 Å². The van der Waals surface area contributed by atoms with Crippen LogP contribution >= 0.6 is 0 Å². The van der Waals surface area contributed by atoms with E-state index in [1.807, 2.05) is 36.0 Å². The third-order valence-electron chi connectivity index (χ3n) is 11.1. The molecule has 0 radical (unpaired) electrons. The molecule has 2 unspecified atom stereocenters. The number of hydrogen-bond donors (Lipinski definition) is 3. The van der Waals surface area contributed by atoms with E-state index in [0.29, 0.717) is 18.9 Å². The summed E-state index contributed by atoms with van der Waals surface area (Å²) in [4.78, 5) is 58.6. The molecule has 3 N–H and O–H groups in total. The molecule has 276 valence electrons. The molecule has 53 heavy (non-hydrogen) atoms. The van der Waals surface area contributed by atoms with E-state index < -0.39 is 12.1 Å². The molecule has 11 nitrogen and oxygen atoms in total. The number of amides is 3. The summed E-state index contributed by atoms with van der Waals surface area (Å²) in [7, 11) is 1.29. The highest BCUT2D eigenvalue weighted by molar-refractivity contribution is 5.91. The summed E-state index contributed by atoms with van der Waals surface area (Å²) in [6, 6.07) is 20.6. The van der Waals surface area contributed by atoms with E-state index in [9.17, 15) is 14.4 Å². The lowest BCUT2D eigenvalue weighted by Gasteiger charge is -2.27. The van der Waals surface area contributed by atoms with E-state index in [1.165, 1.54) is 7.11 Å². The van der Waals surface area contributed by atoms with Crippen LogP contribution in [0.3, 0.4) is 0 Å². The van der Waals surface area contributed by atoms with Gasteiger partial charge in [-0.15, -0.1) is 0 Å². The number of hydrogen-bond acceptors (Lipinski definition) is 6. The Morgan fingerprint density at radius 3 is 1.83 bits per heavy atom. The zero-order chi connectivity index (χ0) is 37.2. The third-order valence-corrected chi connectivity index (χ3v) is 11.1. The number of H-pyrrole nitrogens is 2. The minimum atomic E-state index is -0.641. The summed E-state index contributed by atoms with van der Waals surface area (Å²) in [6.07, 6.45) is 7.16. The van der Waals surface area contributed by atoms with E-state index in [0.717, 1.165) is 88.3 Å². The van der Waals surface area contributed by atoms with Crippen molar-refractivity contribution in [3.8, 4) is 33.6 Å². The van der Waals surface area contributed by atoms with Crippen molar-refractivity contribution in [3.63, 3.8) is 0 Å². The highest BCUT2D eigenvalue weighted by Crippen LogP contribution is 2.36. The third kappa shape index (κ3) is 7.29. The number of carbonyl (C=O) groups is 3. The fourth-order valence-corrected chi connectivity index (χ4v) is 7.66. The summed E-state index contributed by atoms with van der Waals surface area (Å²) in [5, 5.41) is 4.94. The van der Waals surface area contributed by atoms with Crippen LogP contribution in [0.25, 0.3) is 44.4 Å². The molecule has 0 bridgehead atoms. The van der Waals surface area contributed by atoms with Gasteiger partial charge in [0.05, 0.1) is 43.0 Å². The summed E-state index contributed by atoms with van der Waals surface area (Å²) < 4.78 is 4.71. The fourth-order valence-electron chi connectivity index (χ4n) is 7.66. The van der Waals surface area contributed by atoms with Crippen LogP contribution in [0.4, 0.5) is 4.79 Å². The molecule has 3 amide bonds. The van der Waals surface area contributed by atoms with Gasteiger partial charge in [0.1, 0.15) is 17.7 Å². The number of nitrogens with one attached hydrogen (secondary N) is 3. The van der Waals surface area contributed by atoms with Crippen LogP contribution in [0, 0.1) is 11.8 Å². The number of nitrogens with zero attached hydrogens (tertiary/aromatic N) is 4. The number of rotatable bonds is 10. The van der Waals surface area contributed by atoms with Gasteiger partial charge in [-0.3, -0.25) is 9.59 Å². The lowest BCUT2D eigenvalue weighted by atomic mass is 9.96. The normalized spacial score (nSPS) is 18.5. The van der Waals surface area contributed by atoms with Gasteiger partial charge in [-0.1, -0.05) is 76.2 Å². The smallest absolute Gasteiger partial charge is 0.407 e. The average molecular weight is 716 g/mol. The van der Waals surface area contributed by atoms with Gasteiger partial charge in [0.15, 0.2) is 0 Å². The first kappa shape index (κ1) is 35.9. The standard InChI is InChI=1S/C42H49N7O4/c1-6-33(47-42(52)53-5)41(51)49-20-8-10-37(49)39-43-23-34(45-39)28-13-11-27(12-14-28)29-15-16-31-22-32(18-17-30(31)21-29)35-24-44-38(46-35)36-9-7-19-48(36)40(50)26(4)25(2)3/h11-18,21-26,33,36-37H,6-10,19-20H2,1-5H3,(H,43,45)(H,44,46)(H,47,52)/t26-,33-,36?,37?/m0/s1. The minimum absolute atomic E-state index is 0.00709. The van der Waals surface area contributed by atoms with Crippen LogP contribution in [0.2, 0.25) is 0 Å². The lowest BCUT2D eigenvalue weighted by Crippen LogP contribution is -2.48. The Bertz CT molecular complexity index is 2100. The first-order valence-corrected chi connectivity index (χ1v) is 18.8. The molecular weight excluding hydrogens is 667 g/mol.